The predicted octanol–water partition coefficient (Wildman–Crippen LogP) is 3.37. The van der Waals surface area contributed by atoms with E-state index in [-0.39, 0.29) is 6.10 Å². The molecule has 1 aromatic heterocycles. The standard InChI is InChI=1S/C11H17BrN2O/c1-4-6-8(3)15-11-7-9(12)13-10(5-2)14-11/h7-8H,4-6H2,1-3H3. The van der Waals surface area contributed by atoms with Crippen LogP contribution in [-0.2, 0) is 6.42 Å². The van der Waals surface area contributed by atoms with Crippen molar-refractivity contribution in [1.29, 1.82) is 0 Å². The molecule has 0 aromatic carbocycles. The Labute approximate surface area is 99.4 Å². The normalized spacial score (nSPS) is 12.5. The molecule has 15 heavy (non-hydrogen) atoms. The summed E-state index contributed by atoms with van der Waals surface area (Å²) in [6, 6.07) is 1.81. The average molecular weight is 273 g/mol. The molecule has 0 saturated heterocycles. The highest BCUT2D eigenvalue weighted by Crippen LogP contribution is 2.16. The van der Waals surface area contributed by atoms with Crippen molar-refractivity contribution in [3.05, 3.63) is 16.5 Å². The maximum Gasteiger partial charge on any atom is 0.217 e. The number of hydrogen-bond donors (Lipinski definition) is 0. The topological polar surface area (TPSA) is 35.0 Å². The molecule has 0 aliphatic heterocycles. The summed E-state index contributed by atoms with van der Waals surface area (Å²) in [5.74, 6) is 1.47. The van der Waals surface area contributed by atoms with Crippen LogP contribution in [0, 0.1) is 0 Å². The van der Waals surface area contributed by atoms with E-state index in [0.29, 0.717) is 5.88 Å². The fourth-order valence-corrected chi connectivity index (χ4v) is 1.73. The van der Waals surface area contributed by atoms with E-state index in [1.165, 1.54) is 0 Å². The molecule has 0 fully saturated rings. The second kappa shape index (κ2) is 6.05. The Bertz CT molecular complexity index is 317. The van der Waals surface area contributed by atoms with Gasteiger partial charge in [-0.2, -0.15) is 4.98 Å². The van der Waals surface area contributed by atoms with E-state index in [1.54, 1.807) is 0 Å². The lowest BCUT2D eigenvalue weighted by Crippen LogP contribution is -2.12. The van der Waals surface area contributed by atoms with Crippen molar-refractivity contribution in [1.82, 2.24) is 9.97 Å². The SMILES string of the molecule is CCCC(C)Oc1cc(Br)nc(CC)n1. The van der Waals surface area contributed by atoms with Gasteiger partial charge in [0.05, 0.1) is 6.10 Å². The summed E-state index contributed by atoms with van der Waals surface area (Å²) in [6.07, 6.45) is 3.19. The van der Waals surface area contributed by atoms with E-state index in [4.69, 9.17) is 4.74 Å². The Morgan fingerprint density at radius 2 is 2.13 bits per heavy atom. The molecule has 0 radical (unpaired) electrons. The van der Waals surface area contributed by atoms with Crippen LogP contribution in [-0.4, -0.2) is 16.1 Å². The van der Waals surface area contributed by atoms with E-state index in [9.17, 15) is 0 Å². The van der Waals surface area contributed by atoms with E-state index in [1.807, 2.05) is 13.0 Å². The van der Waals surface area contributed by atoms with Gasteiger partial charge < -0.3 is 4.74 Å². The van der Waals surface area contributed by atoms with E-state index >= 15 is 0 Å². The van der Waals surface area contributed by atoms with Gasteiger partial charge in [-0.25, -0.2) is 4.98 Å². The number of rotatable bonds is 5. The fourth-order valence-electron chi connectivity index (χ4n) is 1.33. The Morgan fingerprint density at radius 3 is 2.73 bits per heavy atom. The highest BCUT2D eigenvalue weighted by Gasteiger charge is 2.06. The summed E-state index contributed by atoms with van der Waals surface area (Å²) in [6.45, 7) is 6.24. The van der Waals surface area contributed by atoms with Gasteiger partial charge in [0.2, 0.25) is 5.88 Å². The fraction of sp³-hybridized carbons (Fsp3) is 0.636. The van der Waals surface area contributed by atoms with Crippen LogP contribution in [0.2, 0.25) is 0 Å². The maximum absolute atomic E-state index is 5.70. The van der Waals surface area contributed by atoms with Gasteiger partial charge >= 0.3 is 0 Å². The zero-order chi connectivity index (χ0) is 11.3. The first-order chi connectivity index (χ1) is 7.15. The minimum Gasteiger partial charge on any atom is -0.475 e. The number of aromatic nitrogens is 2. The third-order valence-electron chi connectivity index (χ3n) is 2.05. The Balaban J connectivity index is 2.71. The Kier molecular flexibility index (Phi) is 5.02. The van der Waals surface area contributed by atoms with Crippen molar-refractivity contribution in [2.24, 2.45) is 0 Å². The van der Waals surface area contributed by atoms with E-state index < -0.39 is 0 Å². The molecular weight excluding hydrogens is 256 g/mol. The van der Waals surface area contributed by atoms with Crippen LogP contribution in [0.1, 0.15) is 39.4 Å². The number of ether oxygens (including phenoxy) is 1. The molecule has 0 aliphatic rings. The molecular formula is C11H17BrN2O. The number of hydrogen-bond acceptors (Lipinski definition) is 3. The first kappa shape index (κ1) is 12.4. The molecule has 0 saturated carbocycles. The summed E-state index contributed by atoms with van der Waals surface area (Å²) in [5.41, 5.74) is 0. The number of aryl methyl sites for hydroxylation is 1. The van der Waals surface area contributed by atoms with Crippen LogP contribution in [0.3, 0.4) is 0 Å². The summed E-state index contributed by atoms with van der Waals surface area (Å²) in [5, 5.41) is 0. The smallest absolute Gasteiger partial charge is 0.217 e. The van der Waals surface area contributed by atoms with Gasteiger partial charge in [-0.15, -0.1) is 0 Å². The van der Waals surface area contributed by atoms with Crippen molar-refractivity contribution in [2.45, 2.75) is 46.1 Å². The van der Waals surface area contributed by atoms with Gasteiger partial charge in [-0.05, 0) is 29.3 Å². The molecule has 4 heteroatoms. The van der Waals surface area contributed by atoms with Crippen molar-refractivity contribution in [2.75, 3.05) is 0 Å². The molecule has 1 rings (SSSR count). The van der Waals surface area contributed by atoms with Gasteiger partial charge in [0.1, 0.15) is 10.4 Å². The lowest BCUT2D eigenvalue weighted by atomic mass is 10.2. The van der Waals surface area contributed by atoms with Gasteiger partial charge in [-0.1, -0.05) is 20.3 Å². The van der Waals surface area contributed by atoms with Crippen molar-refractivity contribution < 1.29 is 4.74 Å². The third-order valence-corrected chi connectivity index (χ3v) is 2.46. The summed E-state index contributed by atoms with van der Waals surface area (Å²) in [4.78, 5) is 8.54. The molecule has 3 nitrogen and oxygen atoms in total. The van der Waals surface area contributed by atoms with Crippen molar-refractivity contribution in [3.63, 3.8) is 0 Å². The molecule has 1 aromatic rings. The van der Waals surface area contributed by atoms with E-state index in [0.717, 1.165) is 29.7 Å². The third kappa shape index (κ3) is 4.16. The molecule has 1 unspecified atom stereocenters. The summed E-state index contributed by atoms with van der Waals surface area (Å²) >= 11 is 3.35. The van der Waals surface area contributed by atoms with Gasteiger partial charge in [0.15, 0.2) is 0 Å². The molecule has 0 bridgehead atoms. The quantitative estimate of drug-likeness (QED) is 0.771. The first-order valence-electron chi connectivity index (χ1n) is 5.35. The first-order valence-corrected chi connectivity index (χ1v) is 6.15. The number of halogens is 1. The second-order valence-electron chi connectivity index (χ2n) is 3.52. The molecule has 1 heterocycles. The molecule has 0 aliphatic carbocycles. The van der Waals surface area contributed by atoms with Crippen LogP contribution >= 0.6 is 15.9 Å². The minimum atomic E-state index is 0.210. The average Bonchev–Trinajstić information content (AvgIpc) is 2.17. The van der Waals surface area contributed by atoms with Crippen molar-refractivity contribution >= 4 is 15.9 Å². The molecule has 0 N–H and O–H groups in total. The highest BCUT2D eigenvalue weighted by atomic mass is 79.9. The van der Waals surface area contributed by atoms with Crippen molar-refractivity contribution in [3.8, 4) is 5.88 Å². The Hall–Kier alpha value is -0.640. The van der Waals surface area contributed by atoms with Crippen LogP contribution in [0.4, 0.5) is 0 Å². The lowest BCUT2D eigenvalue weighted by Gasteiger charge is -2.13. The highest BCUT2D eigenvalue weighted by molar-refractivity contribution is 9.10. The van der Waals surface area contributed by atoms with E-state index in [2.05, 4.69) is 39.7 Å². The Morgan fingerprint density at radius 1 is 1.40 bits per heavy atom. The van der Waals surface area contributed by atoms with Crippen LogP contribution in [0.5, 0.6) is 5.88 Å². The molecule has 1 atom stereocenters. The molecule has 84 valence electrons. The van der Waals surface area contributed by atoms with Gasteiger partial charge in [0.25, 0.3) is 0 Å². The molecule has 0 spiro atoms. The zero-order valence-corrected chi connectivity index (χ0v) is 11.0. The van der Waals surface area contributed by atoms with Gasteiger partial charge in [0, 0.05) is 12.5 Å². The monoisotopic (exact) mass is 272 g/mol. The lowest BCUT2D eigenvalue weighted by molar-refractivity contribution is 0.200. The van der Waals surface area contributed by atoms with Crippen LogP contribution in [0.25, 0.3) is 0 Å². The summed E-state index contributed by atoms with van der Waals surface area (Å²) < 4.78 is 6.48. The second-order valence-corrected chi connectivity index (χ2v) is 4.33. The van der Waals surface area contributed by atoms with Gasteiger partial charge in [-0.3, -0.25) is 0 Å². The zero-order valence-electron chi connectivity index (χ0n) is 9.46. The molecule has 0 amide bonds. The predicted molar refractivity (Wildman–Crippen MR) is 64.1 cm³/mol. The number of nitrogens with zero attached hydrogens (tertiary/aromatic N) is 2. The minimum absolute atomic E-state index is 0.210. The maximum atomic E-state index is 5.70. The summed E-state index contributed by atoms with van der Waals surface area (Å²) in [7, 11) is 0. The van der Waals surface area contributed by atoms with Crippen LogP contribution in [0.15, 0.2) is 10.7 Å². The largest absolute Gasteiger partial charge is 0.475 e. The van der Waals surface area contributed by atoms with Crippen LogP contribution < -0.4 is 4.74 Å².